The van der Waals surface area contributed by atoms with Gasteiger partial charge in [-0.25, -0.2) is 5.10 Å². The Balaban J connectivity index is 1.86. The zero-order valence-corrected chi connectivity index (χ0v) is 15.2. The van der Waals surface area contributed by atoms with Gasteiger partial charge in [0.15, 0.2) is 5.82 Å². The monoisotopic (exact) mass is 351 g/mol. The Morgan fingerprint density at radius 2 is 1.76 bits per heavy atom. The Bertz CT molecular complexity index is 890. The zero-order valence-electron chi connectivity index (χ0n) is 14.4. The maximum absolute atomic E-state index is 5.30. The van der Waals surface area contributed by atoms with Crippen molar-refractivity contribution in [2.24, 2.45) is 5.10 Å². The molecule has 6 heteroatoms. The molecule has 0 aliphatic heterocycles. The van der Waals surface area contributed by atoms with E-state index in [1.165, 1.54) is 5.69 Å². The smallest absolute Gasteiger partial charge is 0.216 e. The summed E-state index contributed by atoms with van der Waals surface area (Å²) in [6.07, 6.45) is 1.80. The van der Waals surface area contributed by atoms with Gasteiger partial charge in [0.25, 0.3) is 0 Å². The third kappa shape index (κ3) is 3.85. The van der Waals surface area contributed by atoms with Crippen LogP contribution in [0.2, 0.25) is 0 Å². The summed E-state index contributed by atoms with van der Waals surface area (Å²) in [5.41, 5.74) is 3.19. The van der Waals surface area contributed by atoms with Crippen molar-refractivity contribution in [1.82, 2.24) is 14.9 Å². The molecule has 0 saturated carbocycles. The molecule has 3 rings (SSSR count). The lowest BCUT2D eigenvalue weighted by Crippen LogP contribution is -2.21. The second-order valence-corrected chi connectivity index (χ2v) is 5.93. The molecule has 0 aliphatic carbocycles. The number of aromatic nitrogens is 3. The Morgan fingerprint density at radius 3 is 2.40 bits per heavy atom. The summed E-state index contributed by atoms with van der Waals surface area (Å²) in [7, 11) is 0. The average molecular weight is 351 g/mol. The van der Waals surface area contributed by atoms with Crippen LogP contribution in [0.4, 0.5) is 5.69 Å². The van der Waals surface area contributed by atoms with Crippen molar-refractivity contribution in [2.75, 3.05) is 18.0 Å². The van der Waals surface area contributed by atoms with Crippen LogP contribution >= 0.6 is 12.2 Å². The van der Waals surface area contributed by atoms with E-state index in [1.807, 2.05) is 30.3 Å². The van der Waals surface area contributed by atoms with Crippen LogP contribution in [-0.2, 0) is 0 Å². The van der Waals surface area contributed by atoms with E-state index in [0.717, 1.165) is 24.2 Å². The maximum atomic E-state index is 5.30. The molecule has 128 valence electrons. The first kappa shape index (κ1) is 17.1. The van der Waals surface area contributed by atoms with Crippen LogP contribution in [0.15, 0.2) is 59.7 Å². The lowest BCUT2D eigenvalue weighted by Gasteiger charge is -2.20. The van der Waals surface area contributed by atoms with Gasteiger partial charge in [-0.1, -0.05) is 42.5 Å². The Hall–Kier alpha value is -2.73. The summed E-state index contributed by atoms with van der Waals surface area (Å²) >= 11 is 5.30. The van der Waals surface area contributed by atoms with Gasteiger partial charge >= 0.3 is 0 Å². The highest BCUT2D eigenvalue weighted by Gasteiger charge is 2.07. The highest BCUT2D eigenvalue weighted by molar-refractivity contribution is 7.71. The molecule has 5 nitrogen and oxygen atoms in total. The number of benzene rings is 2. The van der Waals surface area contributed by atoms with Crippen LogP contribution in [0.5, 0.6) is 0 Å². The van der Waals surface area contributed by atoms with Gasteiger partial charge in [-0.2, -0.15) is 14.9 Å². The second kappa shape index (κ2) is 7.90. The summed E-state index contributed by atoms with van der Waals surface area (Å²) in [5.74, 6) is 0.696. The van der Waals surface area contributed by atoms with Crippen molar-refractivity contribution >= 4 is 24.1 Å². The number of nitrogens with zero attached hydrogens (tertiary/aromatic N) is 4. The number of H-pyrrole nitrogens is 1. The van der Waals surface area contributed by atoms with E-state index >= 15 is 0 Å². The fourth-order valence-corrected chi connectivity index (χ4v) is 2.84. The van der Waals surface area contributed by atoms with Crippen molar-refractivity contribution < 1.29 is 0 Å². The molecule has 1 N–H and O–H groups in total. The molecule has 0 spiro atoms. The summed E-state index contributed by atoms with van der Waals surface area (Å²) < 4.78 is 2.11. The van der Waals surface area contributed by atoms with E-state index in [0.29, 0.717) is 10.6 Å². The van der Waals surface area contributed by atoms with Gasteiger partial charge in [0.1, 0.15) is 0 Å². The number of hydrogen-bond donors (Lipinski definition) is 1. The fourth-order valence-electron chi connectivity index (χ4n) is 2.66. The average Bonchev–Trinajstić information content (AvgIpc) is 3.03. The topological polar surface area (TPSA) is 49.2 Å². The van der Waals surface area contributed by atoms with E-state index < -0.39 is 0 Å². The zero-order chi connectivity index (χ0) is 17.6. The van der Waals surface area contributed by atoms with Crippen molar-refractivity contribution in [2.45, 2.75) is 13.8 Å². The van der Waals surface area contributed by atoms with Gasteiger partial charge in [0.05, 0.1) is 6.21 Å². The molecule has 0 bridgehead atoms. The van der Waals surface area contributed by atoms with E-state index in [4.69, 9.17) is 12.2 Å². The van der Waals surface area contributed by atoms with Gasteiger partial charge in [0, 0.05) is 24.3 Å². The third-order valence-corrected chi connectivity index (χ3v) is 4.29. The Morgan fingerprint density at radius 1 is 1.08 bits per heavy atom. The van der Waals surface area contributed by atoms with Crippen LogP contribution in [0.25, 0.3) is 11.4 Å². The number of nitrogens with one attached hydrogen (secondary N) is 1. The molecule has 1 aromatic heterocycles. The molecule has 0 fully saturated rings. The van der Waals surface area contributed by atoms with Crippen LogP contribution in [-0.4, -0.2) is 34.2 Å². The minimum atomic E-state index is 0.467. The quantitative estimate of drug-likeness (QED) is 0.531. The molecule has 0 saturated heterocycles. The van der Waals surface area contributed by atoms with Gasteiger partial charge in [0.2, 0.25) is 4.77 Å². The number of anilines is 1. The van der Waals surface area contributed by atoms with E-state index in [1.54, 1.807) is 10.9 Å². The first-order valence-corrected chi connectivity index (χ1v) is 8.76. The van der Waals surface area contributed by atoms with Gasteiger partial charge in [-0.15, -0.1) is 0 Å². The number of rotatable bonds is 6. The molecular formula is C19H21N5S. The molecule has 0 aliphatic rings. The predicted octanol–water partition coefficient (Wildman–Crippen LogP) is 4.34. The largest absolute Gasteiger partial charge is 0.372 e. The molecule has 3 aromatic rings. The van der Waals surface area contributed by atoms with Crippen LogP contribution in [0.1, 0.15) is 19.4 Å². The minimum Gasteiger partial charge on any atom is -0.372 e. The fraction of sp³-hybridized carbons (Fsp3) is 0.211. The lowest BCUT2D eigenvalue weighted by molar-refractivity contribution is 0.865. The summed E-state index contributed by atoms with van der Waals surface area (Å²) in [6, 6.07) is 18.2. The molecule has 2 aromatic carbocycles. The summed E-state index contributed by atoms with van der Waals surface area (Å²) in [4.78, 5) is 2.31. The van der Waals surface area contributed by atoms with E-state index in [9.17, 15) is 0 Å². The first-order valence-electron chi connectivity index (χ1n) is 8.35. The van der Waals surface area contributed by atoms with Crippen LogP contribution in [0, 0.1) is 4.77 Å². The molecule has 0 unspecified atom stereocenters. The predicted molar refractivity (Wildman–Crippen MR) is 106 cm³/mol. The van der Waals surface area contributed by atoms with Crippen LogP contribution < -0.4 is 4.90 Å². The third-order valence-electron chi connectivity index (χ3n) is 4.03. The summed E-state index contributed by atoms with van der Waals surface area (Å²) in [6.45, 7) is 6.30. The van der Waals surface area contributed by atoms with Gasteiger partial charge in [-0.3, -0.25) is 0 Å². The normalized spacial score (nSPS) is 11.1. The molecular weight excluding hydrogens is 330 g/mol. The molecule has 0 radical (unpaired) electrons. The molecule has 0 amide bonds. The van der Waals surface area contributed by atoms with Crippen LogP contribution in [0.3, 0.4) is 0 Å². The highest BCUT2D eigenvalue weighted by Crippen LogP contribution is 2.17. The highest BCUT2D eigenvalue weighted by atomic mass is 32.1. The number of hydrogen-bond acceptors (Lipinski definition) is 4. The van der Waals surface area contributed by atoms with Crippen molar-refractivity contribution in [3.05, 3.63) is 64.9 Å². The van der Waals surface area contributed by atoms with Gasteiger partial charge in [-0.05, 0) is 43.8 Å². The minimum absolute atomic E-state index is 0.467. The summed E-state index contributed by atoms with van der Waals surface area (Å²) in [5, 5.41) is 11.6. The molecule has 25 heavy (non-hydrogen) atoms. The molecule has 1 heterocycles. The van der Waals surface area contributed by atoms with Crippen molar-refractivity contribution in [3.8, 4) is 11.4 Å². The van der Waals surface area contributed by atoms with Crippen molar-refractivity contribution in [1.29, 1.82) is 0 Å². The standard InChI is InChI=1S/C19H21N5S/c1-3-23(4-2)17-12-10-15(11-13-17)14-20-24-18(21-22-19(24)25)16-8-6-5-7-9-16/h5-14H,3-4H2,1-2H3,(H,22,25)/b20-14-. The van der Waals surface area contributed by atoms with E-state index in [2.05, 4.69) is 58.3 Å². The van der Waals surface area contributed by atoms with Gasteiger partial charge < -0.3 is 4.90 Å². The second-order valence-electron chi connectivity index (χ2n) is 5.54. The van der Waals surface area contributed by atoms with Crippen molar-refractivity contribution in [3.63, 3.8) is 0 Å². The lowest BCUT2D eigenvalue weighted by atomic mass is 10.2. The maximum Gasteiger partial charge on any atom is 0.216 e. The SMILES string of the molecule is CCN(CC)c1ccc(/C=N\n2c(-c3ccccc3)n[nH]c2=S)cc1. The number of aromatic amines is 1. The molecule has 0 atom stereocenters. The Labute approximate surface area is 152 Å². The Kier molecular flexibility index (Phi) is 5.40. The van der Waals surface area contributed by atoms with E-state index in [-0.39, 0.29) is 0 Å². The first-order chi connectivity index (χ1) is 12.2.